The summed E-state index contributed by atoms with van der Waals surface area (Å²) >= 11 is 0. The fourth-order valence-electron chi connectivity index (χ4n) is 1.79. The summed E-state index contributed by atoms with van der Waals surface area (Å²) in [7, 11) is 0. The van der Waals surface area contributed by atoms with Crippen molar-refractivity contribution in [3.63, 3.8) is 0 Å². The lowest BCUT2D eigenvalue weighted by Crippen LogP contribution is -2.06. The molecule has 0 saturated carbocycles. The van der Waals surface area contributed by atoms with E-state index in [0.717, 1.165) is 11.1 Å². The molecule has 2 rings (SSSR count). The molecule has 0 radical (unpaired) electrons. The van der Waals surface area contributed by atoms with E-state index in [4.69, 9.17) is 0 Å². The summed E-state index contributed by atoms with van der Waals surface area (Å²) in [4.78, 5) is 11.9. The molecule has 1 nitrogen and oxygen atoms in total. The minimum Gasteiger partial charge on any atom is -0.294 e. The van der Waals surface area contributed by atoms with Crippen molar-refractivity contribution in [2.24, 2.45) is 0 Å². The molecule has 0 N–H and O–H groups in total. The van der Waals surface area contributed by atoms with Crippen LogP contribution in [0.4, 0.5) is 4.39 Å². The van der Waals surface area contributed by atoms with Gasteiger partial charge in [-0.3, -0.25) is 4.79 Å². The monoisotopic (exact) mass is 228 g/mol. The van der Waals surface area contributed by atoms with Crippen LogP contribution >= 0.6 is 0 Å². The minimum atomic E-state index is -0.454. The third kappa shape index (κ3) is 2.78. The summed E-state index contributed by atoms with van der Waals surface area (Å²) in [5, 5.41) is 0. The zero-order valence-electron chi connectivity index (χ0n) is 9.61. The van der Waals surface area contributed by atoms with Gasteiger partial charge in [0.15, 0.2) is 5.78 Å². The van der Waals surface area contributed by atoms with E-state index in [-0.39, 0.29) is 17.8 Å². The van der Waals surface area contributed by atoms with Gasteiger partial charge < -0.3 is 0 Å². The van der Waals surface area contributed by atoms with Crippen molar-refractivity contribution < 1.29 is 9.18 Å². The molecule has 0 unspecified atom stereocenters. The number of hydrogen-bond acceptors (Lipinski definition) is 1. The predicted octanol–water partition coefficient (Wildman–Crippen LogP) is 3.56. The number of rotatable bonds is 3. The van der Waals surface area contributed by atoms with Crippen molar-refractivity contribution in [2.75, 3.05) is 0 Å². The topological polar surface area (TPSA) is 17.1 Å². The molecule has 0 aliphatic rings. The molecule has 86 valence electrons. The highest BCUT2D eigenvalue weighted by Crippen LogP contribution is 2.12. The lowest BCUT2D eigenvalue weighted by molar-refractivity contribution is 0.0989. The lowest BCUT2D eigenvalue weighted by atomic mass is 10.0. The predicted molar refractivity (Wildman–Crippen MR) is 65.6 cm³/mol. The second kappa shape index (κ2) is 4.91. The van der Waals surface area contributed by atoms with E-state index >= 15 is 0 Å². The van der Waals surface area contributed by atoms with Gasteiger partial charge in [0, 0.05) is 6.42 Å². The van der Waals surface area contributed by atoms with Gasteiger partial charge in [-0.15, -0.1) is 0 Å². The van der Waals surface area contributed by atoms with E-state index in [1.165, 1.54) is 12.1 Å². The Morgan fingerprint density at radius 3 is 2.59 bits per heavy atom. The Hall–Kier alpha value is -1.96. The second-order valence-corrected chi connectivity index (χ2v) is 4.07. The number of hydrogen-bond donors (Lipinski definition) is 0. The summed E-state index contributed by atoms with van der Waals surface area (Å²) in [6.07, 6.45) is 0.239. The van der Waals surface area contributed by atoms with Crippen molar-refractivity contribution in [1.29, 1.82) is 0 Å². The average Bonchev–Trinajstić information content (AvgIpc) is 2.29. The minimum absolute atomic E-state index is 0.161. The number of carbonyl (C=O) groups excluding carboxylic acids is 1. The number of aryl methyl sites for hydroxylation is 1. The maximum atomic E-state index is 13.4. The van der Waals surface area contributed by atoms with Crippen molar-refractivity contribution in [3.05, 3.63) is 71.0 Å². The number of carbonyl (C=O) groups is 1. The van der Waals surface area contributed by atoms with E-state index in [9.17, 15) is 9.18 Å². The van der Waals surface area contributed by atoms with E-state index < -0.39 is 5.82 Å². The molecule has 0 fully saturated rings. The van der Waals surface area contributed by atoms with Crippen LogP contribution in [0.15, 0.2) is 48.5 Å². The van der Waals surface area contributed by atoms with Gasteiger partial charge in [-0.1, -0.05) is 42.0 Å². The van der Waals surface area contributed by atoms with Gasteiger partial charge in [0.2, 0.25) is 0 Å². The quantitative estimate of drug-likeness (QED) is 0.734. The van der Waals surface area contributed by atoms with Gasteiger partial charge in [0.05, 0.1) is 5.56 Å². The van der Waals surface area contributed by atoms with E-state index in [0.29, 0.717) is 0 Å². The highest BCUT2D eigenvalue weighted by molar-refractivity contribution is 5.97. The van der Waals surface area contributed by atoms with Crippen molar-refractivity contribution in [2.45, 2.75) is 13.3 Å². The fraction of sp³-hybridized carbons (Fsp3) is 0.133. The van der Waals surface area contributed by atoms with Crippen LogP contribution in [-0.2, 0) is 6.42 Å². The van der Waals surface area contributed by atoms with E-state index in [1.54, 1.807) is 12.1 Å². The Kier molecular flexibility index (Phi) is 3.33. The summed E-state index contributed by atoms with van der Waals surface area (Å²) in [6.45, 7) is 1.97. The Balaban J connectivity index is 2.20. The molecule has 2 aromatic carbocycles. The molecule has 0 bridgehead atoms. The Morgan fingerprint density at radius 2 is 1.88 bits per heavy atom. The van der Waals surface area contributed by atoms with Crippen molar-refractivity contribution >= 4 is 5.78 Å². The number of Topliss-reactive ketones (excluding diaryl/α,β-unsaturated/α-hetero) is 1. The highest BCUT2D eigenvalue weighted by Gasteiger charge is 2.11. The maximum absolute atomic E-state index is 13.4. The fourth-order valence-corrected chi connectivity index (χ4v) is 1.79. The summed E-state index contributed by atoms with van der Waals surface area (Å²) in [5.74, 6) is -0.640. The Morgan fingerprint density at radius 1 is 1.12 bits per heavy atom. The number of ketones is 1. The third-order valence-corrected chi connectivity index (χ3v) is 2.62. The first-order chi connectivity index (χ1) is 8.16. The zero-order valence-corrected chi connectivity index (χ0v) is 9.61. The standard InChI is InChI=1S/C15H13FO/c1-11-5-4-6-12(9-11)10-15(17)13-7-2-3-8-14(13)16/h2-9H,10H2,1H3. The molecule has 0 heterocycles. The average molecular weight is 228 g/mol. The second-order valence-electron chi connectivity index (χ2n) is 4.07. The molecular formula is C15H13FO. The normalized spacial score (nSPS) is 10.2. The highest BCUT2D eigenvalue weighted by atomic mass is 19.1. The van der Waals surface area contributed by atoms with Gasteiger partial charge >= 0.3 is 0 Å². The van der Waals surface area contributed by atoms with Crippen LogP contribution in [0.3, 0.4) is 0 Å². The molecule has 0 atom stereocenters. The third-order valence-electron chi connectivity index (χ3n) is 2.62. The van der Waals surface area contributed by atoms with Crippen LogP contribution in [-0.4, -0.2) is 5.78 Å². The first-order valence-electron chi connectivity index (χ1n) is 5.50. The lowest BCUT2D eigenvalue weighted by Gasteiger charge is -2.03. The summed E-state index contributed by atoms with van der Waals surface area (Å²) in [5.41, 5.74) is 2.18. The van der Waals surface area contributed by atoms with Crippen molar-refractivity contribution in [1.82, 2.24) is 0 Å². The SMILES string of the molecule is Cc1cccc(CC(=O)c2ccccc2F)c1. The smallest absolute Gasteiger partial charge is 0.170 e. The molecule has 0 saturated heterocycles. The zero-order chi connectivity index (χ0) is 12.3. The van der Waals surface area contributed by atoms with E-state index in [2.05, 4.69) is 0 Å². The van der Waals surface area contributed by atoms with Crippen molar-refractivity contribution in [3.8, 4) is 0 Å². The molecular weight excluding hydrogens is 215 g/mol. The molecule has 0 aromatic heterocycles. The molecule has 0 spiro atoms. The molecule has 0 aliphatic carbocycles. The van der Waals surface area contributed by atoms with Crippen LogP contribution in [0, 0.1) is 12.7 Å². The van der Waals surface area contributed by atoms with Crippen LogP contribution in [0.2, 0.25) is 0 Å². The Bertz CT molecular complexity index is 546. The molecule has 2 aromatic rings. The van der Waals surface area contributed by atoms with Gasteiger partial charge in [0.25, 0.3) is 0 Å². The molecule has 0 aliphatic heterocycles. The van der Waals surface area contributed by atoms with Gasteiger partial charge in [-0.2, -0.15) is 0 Å². The van der Waals surface area contributed by atoms with Crippen LogP contribution < -0.4 is 0 Å². The first-order valence-corrected chi connectivity index (χ1v) is 5.50. The maximum Gasteiger partial charge on any atom is 0.170 e. The summed E-state index contributed by atoms with van der Waals surface area (Å²) in [6, 6.07) is 13.8. The van der Waals surface area contributed by atoms with Crippen LogP contribution in [0.1, 0.15) is 21.5 Å². The molecule has 17 heavy (non-hydrogen) atoms. The van der Waals surface area contributed by atoms with E-state index in [1.807, 2.05) is 31.2 Å². The first kappa shape index (κ1) is 11.5. The number of benzene rings is 2. The largest absolute Gasteiger partial charge is 0.294 e. The number of halogens is 1. The van der Waals surface area contributed by atoms with Crippen LogP contribution in [0.25, 0.3) is 0 Å². The Labute approximate surface area is 99.9 Å². The molecule has 0 amide bonds. The molecule has 2 heteroatoms. The van der Waals surface area contributed by atoms with Gasteiger partial charge in [-0.05, 0) is 24.6 Å². The van der Waals surface area contributed by atoms with Gasteiger partial charge in [0.1, 0.15) is 5.82 Å². The van der Waals surface area contributed by atoms with Gasteiger partial charge in [-0.25, -0.2) is 4.39 Å². The van der Waals surface area contributed by atoms with Crippen LogP contribution in [0.5, 0.6) is 0 Å². The summed E-state index contributed by atoms with van der Waals surface area (Å²) < 4.78 is 13.4.